The summed E-state index contributed by atoms with van der Waals surface area (Å²) < 4.78 is 39.5. The topological polar surface area (TPSA) is 46.3 Å². The highest BCUT2D eigenvalue weighted by Gasteiger charge is 2.29. The molecule has 0 saturated carbocycles. The lowest BCUT2D eigenvalue weighted by atomic mass is 9.96. The molecule has 0 spiro atoms. The van der Waals surface area contributed by atoms with Crippen LogP contribution in [0.2, 0.25) is 0 Å². The van der Waals surface area contributed by atoms with Crippen LogP contribution < -0.4 is 5.73 Å². The quantitative estimate of drug-likeness (QED) is 0.794. The summed E-state index contributed by atoms with van der Waals surface area (Å²) >= 11 is 0. The zero-order valence-electron chi connectivity index (χ0n) is 10.5. The molecule has 2 unspecified atom stereocenters. The molecular formula is C13H15F3N2O. The highest BCUT2D eigenvalue weighted by Crippen LogP contribution is 2.21. The average molecular weight is 272 g/mol. The number of carbonyl (C=O) groups excluding carboxylic acids is 1. The highest BCUT2D eigenvalue weighted by atomic mass is 19.2. The molecule has 2 rings (SSSR count). The Labute approximate surface area is 109 Å². The summed E-state index contributed by atoms with van der Waals surface area (Å²) in [5.74, 6) is -4.84. The summed E-state index contributed by atoms with van der Waals surface area (Å²) in [5.41, 5.74) is 5.34. The number of benzene rings is 1. The van der Waals surface area contributed by atoms with E-state index in [0.717, 1.165) is 18.6 Å². The summed E-state index contributed by atoms with van der Waals surface area (Å²) in [4.78, 5) is 13.5. The molecule has 0 bridgehead atoms. The van der Waals surface area contributed by atoms with Gasteiger partial charge in [-0.25, -0.2) is 13.2 Å². The van der Waals surface area contributed by atoms with Crippen LogP contribution in [0.25, 0.3) is 0 Å². The summed E-state index contributed by atoms with van der Waals surface area (Å²) in [7, 11) is 0. The third-order valence-electron chi connectivity index (χ3n) is 3.24. The van der Waals surface area contributed by atoms with Crippen LogP contribution in [-0.2, 0) is 0 Å². The second-order valence-corrected chi connectivity index (χ2v) is 5.03. The van der Waals surface area contributed by atoms with Crippen molar-refractivity contribution in [2.45, 2.75) is 19.4 Å². The number of carbonyl (C=O) groups is 1. The average Bonchev–Trinajstić information content (AvgIpc) is 2.34. The van der Waals surface area contributed by atoms with Gasteiger partial charge in [-0.1, -0.05) is 6.92 Å². The van der Waals surface area contributed by atoms with E-state index in [4.69, 9.17) is 5.73 Å². The van der Waals surface area contributed by atoms with E-state index in [1.807, 2.05) is 6.92 Å². The number of piperidine rings is 1. The predicted molar refractivity (Wildman–Crippen MR) is 64.0 cm³/mol. The fraction of sp³-hybridized carbons (Fsp3) is 0.462. The van der Waals surface area contributed by atoms with Crippen molar-refractivity contribution in [2.75, 3.05) is 13.1 Å². The molecule has 1 aromatic rings. The maximum absolute atomic E-state index is 13.6. The van der Waals surface area contributed by atoms with Gasteiger partial charge in [0.15, 0.2) is 17.5 Å². The van der Waals surface area contributed by atoms with Gasteiger partial charge in [0.2, 0.25) is 0 Å². The smallest absolute Gasteiger partial charge is 0.257 e. The molecule has 1 aromatic carbocycles. The van der Waals surface area contributed by atoms with Gasteiger partial charge in [-0.3, -0.25) is 4.79 Å². The molecule has 1 amide bonds. The normalized spacial score (nSPS) is 23.5. The molecule has 19 heavy (non-hydrogen) atoms. The SMILES string of the molecule is CC1CC(N)CN(C(=O)c2ccc(F)c(F)c2F)C1. The zero-order valence-corrected chi connectivity index (χ0v) is 10.5. The fourth-order valence-corrected chi connectivity index (χ4v) is 2.43. The summed E-state index contributed by atoms with van der Waals surface area (Å²) in [6.07, 6.45) is 0.782. The van der Waals surface area contributed by atoms with Crippen molar-refractivity contribution in [1.82, 2.24) is 4.90 Å². The molecule has 0 aromatic heterocycles. The molecule has 2 atom stereocenters. The van der Waals surface area contributed by atoms with Crippen LogP contribution in [0.1, 0.15) is 23.7 Å². The fourth-order valence-electron chi connectivity index (χ4n) is 2.43. The monoisotopic (exact) mass is 272 g/mol. The third kappa shape index (κ3) is 2.73. The van der Waals surface area contributed by atoms with Crippen LogP contribution in [0.4, 0.5) is 13.2 Å². The van der Waals surface area contributed by atoms with Crippen LogP contribution in [0.5, 0.6) is 0 Å². The molecule has 104 valence electrons. The Hall–Kier alpha value is -1.56. The number of likely N-dealkylation sites (tertiary alicyclic amines) is 1. The third-order valence-corrected chi connectivity index (χ3v) is 3.24. The van der Waals surface area contributed by atoms with Crippen molar-refractivity contribution in [3.63, 3.8) is 0 Å². The van der Waals surface area contributed by atoms with Gasteiger partial charge in [-0.2, -0.15) is 0 Å². The van der Waals surface area contributed by atoms with E-state index in [2.05, 4.69) is 0 Å². The van der Waals surface area contributed by atoms with Crippen molar-refractivity contribution in [2.24, 2.45) is 11.7 Å². The number of hydrogen-bond acceptors (Lipinski definition) is 2. The molecule has 1 aliphatic heterocycles. The van der Waals surface area contributed by atoms with E-state index in [1.165, 1.54) is 4.90 Å². The van der Waals surface area contributed by atoms with Gasteiger partial charge < -0.3 is 10.6 Å². The Morgan fingerprint density at radius 1 is 1.26 bits per heavy atom. The first-order chi connectivity index (χ1) is 8.90. The lowest BCUT2D eigenvalue weighted by molar-refractivity contribution is 0.0655. The Morgan fingerprint density at radius 2 is 1.95 bits per heavy atom. The van der Waals surface area contributed by atoms with E-state index in [-0.39, 0.29) is 12.0 Å². The summed E-state index contributed by atoms with van der Waals surface area (Å²) in [6.45, 7) is 2.66. The summed E-state index contributed by atoms with van der Waals surface area (Å²) in [6, 6.07) is 1.53. The number of nitrogens with zero attached hydrogens (tertiary/aromatic N) is 1. The minimum Gasteiger partial charge on any atom is -0.337 e. The lowest BCUT2D eigenvalue weighted by Crippen LogP contribution is -2.49. The first-order valence-corrected chi connectivity index (χ1v) is 6.08. The first kappa shape index (κ1) is 13.9. The van der Waals surface area contributed by atoms with Gasteiger partial charge in [0, 0.05) is 19.1 Å². The van der Waals surface area contributed by atoms with Gasteiger partial charge in [0.1, 0.15) is 0 Å². The number of nitrogens with two attached hydrogens (primary N) is 1. The van der Waals surface area contributed by atoms with Crippen molar-refractivity contribution >= 4 is 5.91 Å². The molecule has 1 aliphatic rings. The Morgan fingerprint density at radius 3 is 2.58 bits per heavy atom. The van der Waals surface area contributed by atoms with Gasteiger partial charge >= 0.3 is 0 Å². The van der Waals surface area contributed by atoms with Crippen LogP contribution >= 0.6 is 0 Å². The Bertz CT molecular complexity index is 497. The number of halogens is 3. The predicted octanol–water partition coefficient (Wildman–Crippen LogP) is 1.91. The minimum absolute atomic E-state index is 0.180. The second kappa shape index (κ2) is 5.21. The molecule has 0 aliphatic carbocycles. The van der Waals surface area contributed by atoms with Crippen LogP contribution in [0, 0.1) is 23.4 Å². The molecular weight excluding hydrogens is 257 g/mol. The van der Waals surface area contributed by atoms with Crippen molar-refractivity contribution in [3.05, 3.63) is 35.1 Å². The first-order valence-electron chi connectivity index (χ1n) is 6.08. The number of amides is 1. The van der Waals surface area contributed by atoms with E-state index >= 15 is 0 Å². The number of hydrogen-bond donors (Lipinski definition) is 1. The van der Waals surface area contributed by atoms with E-state index < -0.39 is 28.9 Å². The van der Waals surface area contributed by atoms with Crippen molar-refractivity contribution < 1.29 is 18.0 Å². The molecule has 2 N–H and O–H groups in total. The van der Waals surface area contributed by atoms with E-state index in [0.29, 0.717) is 13.1 Å². The van der Waals surface area contributed by atoms with Crippen molar-refractivity contribution in [3.8, 4) is 0 Å². The highest BCUT2D eigenvalue weighted by molar-refractivity contribution is 5.94. The Kier molecular flexibility index (Phi) is 3.80. The number of rotatable bonds is 1. The molecule has 1 heterocycles. The maximum atomic E-state index is 13.6. The minimum atomic E-state index is -1.62. The van der Waals surface area contributed by atoms with Crippen LogP contribution in [0.3, 0.4) is 0 Å². The van der Waals surface area contributed by atoms with Gasteiger partial charge in [0.25, 0.3) is 5.91 Å². The molecule has 1 fully saturated rings. The standard InChI is InChI=1S/C13H15F3N2O/c1-7-4-8(17)6-18(5-7)13(19)9-2-3-10(14)12(16)11(9)15/h2-3,7-8H,4-6,17H2,1H3. The van der Waals surface area contributed by atoms with E-state index in [9.17, 15) is 18.0 Å². The van der Waals surface area contributed by atoms with Crippen LogP contribution in [-0.4, -0.2) is 29.9 Å². The maximum Gasteiger partial charge on any atom is 0.257 e. The van der Waals surface area contributed by atoms with Gasteiger partial charge in [-0.15, -0.1) is 0 Å². The van der Waals surface area contributed by atoms with Gasteiger partial charge in [-0.05, 0) is 24.5 Å². The van der Waals surface area contributed by atoms with Crippen molar-refractivity contribution in [1.29, 1.82) is 0 Å². The second-order valence-electron chi connectivity index (χ2n) is 5.03. The van der Waals surface area contributed by atoms with Gasteiger partial charge in [0.05, 0.1) is 5.56 Å². The van der Waals surface area contributed by atoms with Crippen LogP contribution in [0.15, 0.2) is 12.1 Å². The van der Waals surface area contributed by atoms with E-state index in [1.54, 1.807) is 0 Å². The molecule has 0 radical (unpaired) electrons. The lowest BCUT2D eigenvalue weighted by Gasteiger charge is -2.34. The molecule has 1 saturated heterocycles. The molecule has 3 nitrogen and oxygen atoms in total. The largest absolute Gasteiger partial charge is 0.337 e. The summed E-state index contributed by atoms with van der Waals surface area (Å²) in [5, 5.41) is 0. The Balaban J connectivity index is 2.27. The zero-order chi connectivity index (χ0) is 14.2. The molecule has 6 heteroatoms.